The highest BCUT2D eigenvalue weighted by Gasteiger charge is 2.42. The number of carbonyl (C=O) groups excluding carboxylic acids is 1. The van der Waals surface area contributed by atoms with Gasteiger partial charge in [0.15, 0.2) is 11.5 Å². The van der Waals surface area contributed by atoms with Crippen molar-refractivity contribution in [2.75, 3.05) is 31.1 Å². The smallest absolute Gasteiger partial charge is 0.241 e. The van der Waals surface area contributed by atoms with Crippen molar-refractivity contribution in [2.45, 2.75) is 51.1 Å². The van der Waals surface area contributed by atoms with Crippen molar-refractivity contribution in [1.29, 1.82) is 0 Å². The Kier molecular flexibility index (Phi) is 4.64. The van der Waals surface area contributed by atoms with E-state index in [0.717, 1.165) is 56.3 Å². The number of aromatic nitrogens is 4. The molecule has 9 nitrogen and oxygen atoms in total. The summed E-state index contributed by atoms with van der Waals surface area (Å²) in [6, 6.07) is 4.32. The minimum Gasteiger partial charge on any atom is -0.353 e. The van der Waals surface area contributed by atoms with E-state index in [-0.39, 0.29) is 11.9 Å². The third-order valence-electron chi connectivity index (χ3n) is 6.47. The van der Waals surface area contributed by atoms with Gasteiger partial charge in [-0.1, -0.05) is 12.8 Å². The average Bonchev–Trinajstić information content (AvgIpc) is 3.22. The van der Waals surface area contributed by atoms with E-state index in [9.17, 15) is 4.79 Å². The van der Waals surface area contributed by atoms with E-state index in [2.05, 4.69) is 25.9 Å². The Labute approximate surface area is 164 Å². The Morgan fingerprint density at radius 3 is 2.86 bits per heavy atom. The number of hydrogen-bond donors (Lipinski definition) is 2. The molecule has 1 saturated carbocycles. The normalized spacial score (nSPS) is 28.4. The van der Waals surface area contributed by atoms with Crippen molar-refractivity contribution in [1.82, 2.24) is 35.6 Å². The van der Waals surface area contributed by atoms with E-state index in [1.165, 1.54) is 19.3 Å². The molecule has 2 N–H and O–H groups in total. The Morgan fingerprint density at radius 2 is 1.93 bits per heavy atom. The summed E-state index contributed by atoms with van der Waals surface area (Å²) in [5, 5.41) is 12.9. The number of fused-ring (bicyclic) bond motifs is 2. The highest BCUT2D eigenvalue weighted by Crippen LogP contribution is 2.31. The van der Waals surface area contributed by atoms with Crippen molar-refractivity contribution in [3.8, 4) is 0 Å². The van der Waals surface area contributed by atoms with Crippen LogP contribution in [0.4, 0.5) is 5.82 Å². The maximum Gasteiger partial charge on any atom is 0.241 e. The molecule has 0 radical (unpaired) electrons. The molecule has 1 amide bonds. The molecule has 2 aliphatic heterocycles. The largest absolute Gasteiger partial charge is 0.353 e. The van der Waals surface area contributed by atoms with Crippen molar-refractivity contribution in [3.63, 3.8) is 0 Å². The maximum atomic E-state index is 13.2. The standard InChI is InChI=1S/C19H28N8O/c1-13-20-22-16-7-8-17(24-27(13)16)25-9-4-10-26(12-11-25)19(28)18-14-5-2-3-6-15(14)21-23-18/h7-8,14-15,18,21,23H,2-6,9-12H2,1H3. The number of anilines is 1. The molecule has 3 atom stereocenters. The van der Waals surface area contributed by atoms with Crippen LogP contribution < -0.4 is 15.8 Å². The zero-order valence-corrected chi connectivity index (χ0v) is 16.3. The van der Waals surface area contributed by atoms with Crippen LogP contribution in [0.1, 0.15) is 37.9 Å². The number of hydrogen-bond acceptors (Lipinski definition) is 7. The van der Waals surface area contributed by atoms with Gasteiger partial charge in [-0.2, -0.15) is 4.52 Å². The number of hydrazine groups is 1. The van der Waals surface area contributed by atoms with Crippen LogP contribution >= 0.6 is 0 Å². The Bertz CT molecular complexity index is 867. The van der Waals surface area contributed by atoms with Crippen molar-refractivity contribution >= 4 is 17.4 Å². The first kappa shape index (κ1) is 17.8. The van der Waals surface area contributed by atoms with Gasteiger partial charge in [0.2, 0.25) is 5.91 Å². The fourth-order valence-electron chi connectivity index (χ4n) is 4.91. The van der Waals surface area contributed by atoms with Crippen molar-refractivity contribution < 1.29 is 4.79 Å². The van der Waals surface area contributed by atoms with Gasteiger partial charge in [-0.3, -0.25) is 10.2 Å². The van der Waals surface area contributed by atoms with E-state index in [4.69, 9.17) is 5.10 Å². The van der Waals surface area contributed by atoms with Crippen LogP contribution in [0.5, 0.6) is 0 Å². The summed E-state index contributed by atoms with van der Waals surface area (Å²) in [6.45, 7) is 5.13. The highest BCUT2D eigenvalue weighted by molar-refractivity contribution is 5.82. The summed E-state index contributed by atoms with van der Waals surface area (Å²) in [4.78, 5) is 17.5. The lowest BCUT2D eigenvalue weighted by molar-refractivity contribution is -0.134. The summed E-state index contributed by atoms with van der Waals surface area (Å²) in [6.07, 6.45) is 5.76. The van der Waals surface area contributed by atoms with Gasteiger partial charge in [0.25, 0.3) is 0 Å². The van der Waals surface area contributed by atoms with E-state index in [0.29, 0.717) is 12.0 Å². The summed E-state index contributed by atoms with van der Waals surface area (Å²) < 4.78 is 1.78. The van der Waals surface area contributed by atoms with Crippen molar-refractivity contribution in [3.05, 3.63) is 18.0 Å². The SMILES string of the molecule is Cc1nnc2ccc(N3CCCN(C(=O)C4NNC5CCCCC54)CC3)nn12. The Hall–Kier alpha value is -2.26. The first-order valence-electron chi connectivity index (χ1n) is 10.4. The lowest BCUT2D eigenvalue weighted by Crippen LogP contribution is -2.49. The molecule has 2 aromatic heterocycles. The Balaban J connectivity index is 1.27. The molecule has 150 valence electrons. The number of amides is 1. The molecule has 1 aliphatic carbocycles. The second-order valence-corrected chi connectivity index (χ2v) is 8.20. The monoisotopic (exact) mass is 384 g/mol. The van der Waals surface area contributed by atoms with Crippen LogP contribution in [0, 0.1) is 12.8 Å². The first-order chi connectivity index (χ1) is 13.7. The summed E-state index contributed by atoms with van der Waals surface area (Å²) in [5.74, 6) is 2.38. The molecule has 5 rings (SSSR count). The number of nitrogens with one attached hydrogen (secondary N) is 2. The van der Waals surface area contributed by atoms with Crippen LogP contribution in [-0.2, 0) is 4.79 Å². The molecule has 2 aromatic rings. The molecule has 28 heavy (non-hydrogen) atoms. The molecule has 3 aliphatic rings. The molecule has 9 heteroatoms. The van der Waals surface area contributed by atoms with Gasteiger partial charge < -0.3 is 9.80 Å². The van der Waals surface area contributed by atoms with Gasteiger partial charge in [0.05, 0.1) is 0 Å². The topological polar surface area (TPSA) is 90.7 Å². The third kappa shape index (κ3) is 3.12. The number of rotatable bonds is 2. The highest BCUT2D eigenvalue weighted by atomic mass is 16.2. The van der Waals surface area contributed by atoms with E-state index >= 15 is 0 Å². The number of nitrogens with zero attached hydrogens (tertiary/aromatic N) is 6. The van der Waals surface area contributed by atoms with Crippen LogP contribution in [0.3, 0.4) is 0 Å². The molecule has 0 bridgehead atoms. The Morgan fingerprint density at radius 1 is 1.04 bits per heavy atom. The molecule has 3 unspecified atom stereocenters. The van der Waals surface area contributed by atoms with E-state index in [1.54, 1.807) is 4.52 Å². The minimum atomic E-state index is -0.0778. The van der Waals surface area contributed by atoms with Crippen LogP contribution in [0.15, 0.2) is 12.1 Å². The molecular weight excluding hydrogens is 356 g/mol. The predicted octanol–water partition coefficient (Wildman–Crippen LogP) is 0.507. The molecule has 3 fully saturated rings. The zero-order valence-electron chi connectivity index (χ0n) is 16.3. The van der Waals surface area contributed by atoms with E-state index < -0.39 is 0 Å². The lowest BCUT2D eigenvalue weighted by Gasteiger charge is -2.30. The van der Waals surface area contributed by atoms with Gasteiger partial charge in [0.1, 0.15) is 11.9 Å². The summed E-state index contributed by atoms with van der Waals surface area (Å²) in [5.41, 5.74) is 7.42. The van der Waals surface area contributed by atoms with Gasteiger partial charge >= 0.3 is 0 Å². The summed E-state index contributed by atoms with van der Waals surface area (Å²) >= 11 is 0. The minimum absolute atomic E-state index is 0.0778. The quantitative estimate of drug-likeness (QED) is 0.779. The van der Waals surface area contributed by atoms with E-state index in [1.807, 2.05) is 24.0 Å². The second kappa shape index (κ2) is 7.29. The molecule has 0 aromatic carbocycles. The number of carbonyl (C=O) groups is 1. The molecule has 4 heterocycles. The van der Waals surface area contributed by atoms with Gasteiger partial charge in [-0.15, -0.1) is 15.3 Å². The molecule has 2 saturated heterocycles. The van der Waals surface area contributed by atoms with Crippen molar-refractivity contribution in [2.24, 2.45) is 5.92 Å². The van der Waals surface area contributed by atoms with Gasteiger partial charge in [0, 0.05) is 38.1 Å². The van der Waals surface area contributed by atoms with Crippen LogP contribution in [-0.4, -0.2) is 68.9 Å². The van der Waals surface area contributed by atoms with Crippen LogP contribution in [0.2, 0.25) is 0 Å². The average molecular weight is 384 g/mol. The van der Waals surface area contributed by atoms with Gasteiger partial charge in [-0.05, 0) is 38.3 Å². The first-order valence-corrected chi connectivity index (χ1v) is 10.4. The molecular formula is C19H28N8O. The predicted molar refractivity (Wildman–Crippen MR) is 105 cm³/mol. The fourth-order valence-corrected chi connectivity index (χ4v) is 4.91. The van der Waals surface area contributed by atoms with Gasteiger partial charge in [-0.25, -0.2) is 5.43 Å². The third-order valence-corrected chi connectivity index (χ3v) is 6.47. The maximum absolute atomic E-state index is 13.2. The lowest BCUT2D eigenvalue weighted by atomic mass is 9.81. The van der Waals surface area contributed by atoms with Crippen LogP contribution in [0.25, 0.3) is 5.65 Å². The zero-order chi connectivity index (χ0) is 19.1. The second-order valence-electron chi connectivity index (χ2n) is 8.20. The summed E-state index contributed by atoms with van der Waals surface area (Å²) in [7, 11) is 0. The fraction of sp³-hybridized carbons (Fsp3) is 0.684. The number of aryl methyl sites for hydroxylation is 1. The molecule has 0 spiro atoms.